The second-order valence-corrected chi connectivity index (χ2v) is 6.14. The zero-order valence-electron chi connectivity index (χ0n) is 14.6. The molecular weight excluding hydrogens is 318 g/mol. The molecule has 132 valence electrons. The number of nitrogens with zero attached hydrogens (tertiary/aromatic N) is 3. The van der Waals surface area contributed by atoms with E-state index < -0.39 is 0 Å². The van der Waals surface area contributed by atoms with Gasteiger partial charge in [-0.1, -0.05) is 12.6 Å². The lowest BCUT2D eigenvalue weighted by Crippen LogP contribution is -2.30. The highest BCUT2D eigenvalue weighted by atomic mass is 16.5. The van der Waals surface area contributed by atoms with Gasteiger partial charge in [0, 0.05) is 18.7 Å². The van der Waals surface area contributed by atoms with Gasteiger partial charge in [-0.15, -0.1) is 0 Å². The van der Waals surface area contributed by atoms with E-state index >= 15 is 0 Å². The molecule has 6 heteroatoms. The number of ether oxygens (including phenoxy) is 2. The number of hydrogen-bond donors (Lipinski definition) is 0. The normalized spacial score (nSPS) is 13.4. The highest BCUT2D eigenvalue weighted by Gasteiger charge is 2.23. The van der Waals surface area contributed by atoms with E-state index in [0.29, 0.717) is 36.9 Å². The minimum Gasteiger partial charge on any atom is -0.489 e. The van der Waals surface area contributed by atoms with Gasteiger partial charge in [-0.05, 0) is 38.1 Å². The van der Waals surface area contributed by atoms with Crippen LogP contribution in [0.5, 0.6) is 11.5 Å². The van der Waals surface area contributed by atoms with Crippen molar-refractivity contribution in [2.45, 2.75) is 32.9 Å². The molecule has 0 saturated heterocycles. The molecule has 0 aliphatic carbocycles. The topological polar surface area (TPSA) is 56.6 Å². The molecule has 1 aliphatic heterocycles. The molecule has 1 aliphatic rings. The highest BCUT2D eigenvalue weighted by Crippen LogP contribution is 2.39. The van der Waals surface area contributed by atoms with Crippen LogP contribution in [-0.2, 0) is 11.3 Å². The van der Waals surface area contributed by atoms with Crippen molar-refractivity contribution in [3.05, 3.63) is 48.8 Å². The van der Waals surface area contributed by atoms with Crippen molar-refractivity contribution < 1.29 is 14.3 Å². The third-order valence-corrected chi connectivity index (χ3v) is 4.04. The van der Waals surface area contributed by atoms with Crippen LogP contribution < -0.4 is 14.4 Å². The van der Waals surface area contributed by atoms with Crippen molar-refractivity contribution in [1.82, 2.24) is 9.78 Å². The van der Waals surface area contributed by atoms with Crippen molar-refractivity contribution in [2.24, 2.45) is 0 Å². The average Bonchev–Trinajstić information content (AvgIpc) is 2.95. The Morgan fingerprint density at radius 2 is 2.16 bits per heavy atom. The number of carbonyl (C=O) groups excluding carboxylic acids is 1. The Kier molecular flexibility index (Phi) is 5.07. The zero-order chi connectivity index (χ0) is 17.8. The fraction of sp³-hybridized carbons (Fsp3) is 0.368. The van der Waals surface area contributed by atoms with Crippen LogP contribution in [0.3, 0.4) is 0 Å². The van der Waals surface area contributed by atoms with Crippen LogP contribution >= 0.6 is 0 Å². The van der Waals surface area contributed by atoms with E-state index in [2.05, 4.69) is 25.5 Å². The number of anilines is 1. The summed E-state index contributed by atoms with van der Waals surface area (Å²) in [5.74, 6) is 1.07. The lowest BCUT2D eigenvalue weighted by Gasteiger charge is -2.25. The molecule has 2 aromatic rings. The quantitative estimate of drug-likeness (QED) is 0.783. The van der Waals surface area contributed by atoms with E-state index in [9.17, 15) is 4.79 Å². The van der Waals surface area contributed by atoms with Crippen LogP contribution in [-0.4, -0.2) is 28.9 Å². The molecule has 3 rings (SSSR count). The maximum absolute atomic E-state index is 12.6. The predicted molar refractivity (Wildman–Crippen MR) is 96.0 cm³/mol. The molecule has 1 aromatic carbocycles. The number of rotatable bonds is 5. The SMILES string of the molecule is C=CC(=O)N(Cc1ccnn1C(C)C)c1cccc2c1OCCCO2. The van der Waals surface area contributed by atoms with Crippen molar-refractivity contribution in [1.29, 1.82) is 0 Å². The Hall–Kier alpha value is -2.76. The number of para-hydroxylation sites is 1. The van der Waals surface area contributed by atoms with Crippen LogP contribution in [0.25, 0.3) is 0 Å². The second-order valence-electron chi connectivity index (χ2n) is 6.14. The van der Waals surface area contributed by atoms with Gasteiger partial charge in [0.2, 0.25) is 0 Å². The molecule has 1 amide bonds. The molecular formula is C19H23N3O3. The first-order chi connectivity index (χ1) is 12.1. The van der Waals surface area contributed by atoms with E-state index in [4.69, 9.17) is 9.47 Å². The first kappa shape index (κ1) is 17.1. The number of amides is 1. The lowest BCUT2D eigenvalue weighted by atomic mass is 10.2. The number of aromatic nitrogens is 2. The first-order valence-corrected chi connectivity index (χ1v) is 8.46. The Balaban J connectivity index is 2.01. The summed E-state index contributed by atoms with van der Waals surface area (Å²) in [6.07, 6.45) is 3.87. The summed E-state index contributed by atoms with van der Waals surface area (Å²) < 4.78 is 13.5. The van der Waals surface area contributed by atoms with Gasteiger partial charge in [-0.2, -0.15) is 5.10 Å². The van der Waals surface area contributed by atoms with Crippen LogP contribution in [0.4, 0.5) is 5.69 Å². The molecule has 6 nitrogen and oxygen atoms in total. The van der Waals surface area contributed by atoms with Crippen molar-refractivity contribution in [2.75, 3.05) is 18.1 Å². The fourth-order valence-corrected chi connectivity index (χ4v) is 2.88. The van der Waals surface area contributed by atoms with Gasteiger partial charge in [0.15, 0.2) is 11.5 Å². The number of benzene rings is 1. The third kappa shape index (κ3) is 3.52. The van der Waals surface area contributed by atoms with Crippen LogP contribution in [0.1, 0.15) is 32.0 Å². The van der Waals surface area contributed by atoms with Gasteiger partial charge in [-0.25, -0.2) is 0 Å². The summed E-state index contributed by atoms with van der Waals surface area (Å²) >= 11 is 0. The largest absolute Gasteiger partial charge is 0.489 e. The summed E-state index contributed by atoms with van der Waals surface area (Å²) in [5.41, 5.74) is 1.62. The van der Waals surface area contributed by atoms with E-state index in [0.717, 1.165) is 12.1 Å². The molecule has 1 aromatic heterocycles. The minimum absolute atomic E-state index is 0.197. The first-order valence-electron chi connectivity index (χ1n) is 8.46. The molecule has 0 fully saturated rings. The Morgan fingerprint density at radius 3 is 2.92 bits per heavy atom. The van der Waals surface area contributed by atoms with Crippen molar-refractivity contribution in [3.8, 4) is 11.5 Å². The maximum atomic E-state index is 12.6. The Morgan fingerprint density at radius 1 is 1.36 bits per heavy atom. The van der Waals surface area contributed by atoms with E-state index in [-0.39, 0.29) is 11.9 Å². The van der Waals surface area contributed by atoms with E-state index in [1.165, 1.54) is 6.08 Å². The Labute approximate surface area is 147 Å². The van der Waals surface area contributed by atoms with Gasteiger partial charge in [0.25, 0.3) is 5.91 Å². The predicted octanol–water partition coefficient (Wildman–Crippen LogP) is 3.34. The standard InChI is InChI=1S/C19H23N3O3/c1-4-18(23)21(13-15-9-10-20-22(15)14(2)3)16-7-5-8-17-19(16)25-12-6-11-24-17/h4-5,7-10,14H,1,6,11-13H2,2-3H3. The monoisotopic (exact) mass is 341 g/mol. The number of carbonyl (C=O) groups is 1. The second kappa shape index (κ2) is 7.42. The van der Waals surface area contributed by atoms with Gasteiger partial charge >= 0.3 is 0 Å². The molecule has 0 radical (unpaired) electrons. The van der Waals surface area contributed by atoms with Gasteiger partial charge in [0.1, 0.15) is 0 Å². The maximum Gasteiger partial charge on any atom is 0.250 e. The van der Waals surface area contributed by atoms with Gasteiger partial charge in [-0.3, -0.25) is 14.4 Å². The zero-order valence-corrected chi connectivity index (χ0v) is 14.6. The van der Waals surface area contributed by atoms with E-state index in [1.807, 2.05) is 28.9 Å². The van der Waals surface area contributed by atoms with Gasteiger partial charge in [0.05, 0.1) is 31.1 Å². The summed E-state index contributed by atoms with van der Waals surface area (Å²) in [6, 6.07) is 7.72. The lowest BCUT2D eigenvalue weighted by molar-refractivity contribution is -0.114. The molecule has 2 heterocycles. The molecule has 0 bridgehead atoms. The molecule has 25 heavy (non-hydrogen) atoms. The Bertz CT molecular complexity index is 767. The molecule has 0 saturated carbocycles. The number of hydrogen-bond acceptors (Lipinski definition) is 4. The summed E-state index contributed by atoms with van der Waals surface area (Å²) in [4.78, 5) is 14.2. The van der Waals surface area contributed by atoms with Crippen LogP contribution in [0, 0.1) is 0 Å². The molecule has 0 N–H and O–H groups in total. The highest BCUT2D eigenvalue weighted by molar-refractivity contribution is 6.02. The summed E-state index contributed by atoms with van der Waals surface area (Å²) in [7, 11) is 0. The minimum atomic E-state index is -0.197. The third-order valence-electron chi connectivity index (χ3n) is 4.04. The average molecular weight is 341 g/mol. The summed E-state index contributed by atoms with van der Waals surface area (Å²) in [5, 5.41) is 4.35. The van der Waals surface area contributed by atoms with E-state index in [1.54, 1.807) is 11.1 Å². The molecule has 0 atom stereocenters. The molecule has 0 spiro atoms. The number of fused-ring (bicyclic) bond motifs is 1. The fourth-order valence-electron chi connectivity index (χ4n) is 2.88. The summed E-state index contributed by atoms with van der Waals surface area (Å²) in [6.45, 7) is 9.29. The van der Waals surface area contributed by atoms with Crippen molar-refractivity contribution >= 4 is 11.6 Å². The van der Waals surface area contributed by atoms with Gasteiger partial charge < -0.3 is 9.47 Å². The van der Waals surface area contributed by atoms with Crippen LogP contribution in [0.15, 0.2) is 43.1 Å². The smallest absolute Gasteiger partial charge is 0.250 e. The molecule has 0 unspecified atom stereocenters. The van der Waals surface area contributed by atoms with Crippen LogP contribution in [0.2, 0.25) is 0 Å². The van der Waals surface area contributed by atoms with Crippen molar-refractivity contribution in [3.63, 3.8) is 0 Å².